The molecule has 0 atom stereocenters. The molecule has 0 amide bonds. The normalized spacial score (nSPS) is 11.9. The van der Waals surface area contributed by atoms with E-state index in [9.17, 15) is 9.50 Å². The van der Waals surface area contributed by atoms with Gasteiger partial charge in [0.15, 0.2) is 0 Å². The van der Waals surface area contributed by atoms with Crippen molar-refractivity contribution in [1.82, 2.24) is 9.78 Å². The highest BCUT2D eigenvalue weighted by molar-refractivity contribution is 6.30. The zero-order valence-electron chi connectivity index (χ0n) is 10.4. The maximum absolute atomic E-state index is 13.1. The molecule has 0 radical (unpaired) electrons. The largest absolute Gasteiger partial charge is 0.386 e. The van der Waals surface area contributed by atoms with Gasteiger partial charge in [-0.1, -0.05) is 11.6 Å². The average molecular weight is 269 g/mol. The summed E-state index contributed by atoms with van der Waals surface area (Å²) in [4.78, 5) is 0. The van der Waals surface area contributed by atoms with Crippen molar-refractivity contribution in [2.75, 3.05) is 0 Å². The number of aromatic nitrogens is 2. The van der Waals surface area contributed by atoms with Gasteiger partial charge in [-0.3, -0.25) is 0 Å². The lowest BCUT2D eigenvalue weighted by Gasteiger charge is -2.16. The van der Waals surface area contributed by atoms with Crippen molar-refractivity contribution in [3.8, 4) is 5.69 Å². The van der Waals surface area contributed by atoms with E-state index in [0.29, 0.717) is 5.69 Å². The monoisotopic (exact) mass is 268 g/mol. The second-order valence-corrected chi connectivity index (χ2v) is 5.12. The summed E-state index contributed by atoms with van der Waals surface area (Å²) in [5.41, 5.74) is 1.22. The summed E-state index contributed by atoms with van der Waals surface area (Å²) < 4.78 is 14.7. The van der Waals surface area contributed by atoms with Crippen molar-refractivity contribution < 1.29 is 9.50 Å². The first kappa shape index (κ1) is 13.1. The highest BCUT2D eigenvalue weighted by atomic mass is 35.5. The molecule has 1 N–H and O–H groups in total. The molecule has 18 heavy (non-hydrogen) atoms. The van der Waals surface area contributed by atoms with E-state index >= 15 is 0 Å². The first-order valence-electron chi connectivity index (χ1n) is 5.53. The van der Waals surface area contributed by atoms with Crippen LogP contribution in [0.2, 0.25) is 5.02 Å². The predicted molar refractivity (Wildman–Crippen MR) is 68.5 cm³/mol. The van der Waals surface area contributed by atoms with Crippen LogP contribution in [0.5, 0.6) is 0 Å². The Labute approximate surface area is 110 Å². The maximum atomic E-state index is 13.1. The summed E-state index contributed by atoms with van der Waals surface area (Å²) in [6, 6.07) is 4.39. The maximum Gasteiger partial charge on any atom is 0.141 e. The quantitative estimate of drug-likeness (QED) is 0.908. The van der Waals surface area contributed by atoms with Crippen LogP contribution in [-0.4, -0.2) is 14.9 Å². The van der Waals surface area contributed by atoms with Crippen LogP contribution < -0.4 is 0 Å². The van der Waals surface area contributed by atoms with E-state index in [1.807, 2.05) is 6.92 Å². The third-order valence-electron chi connectivity index (χ3n) is 2.82. The van der Waals surface area contributed by atoms with E-state index in [-0.39, 0.29) is 5.02 Å². The summed E-state index contributed by atoms with van der Waals surface area (Å²) in [5, 5.41) is 14.2. The molecule has 0 aliphatic rings. The van der Waals surface area contributed by atoms with Crippen molar-refractivity contribution in [2.24, 2.45) is 0 Å². The number of hydrogen-bond acceptors (Lipinski definition) is 2. The van der Waals surface area contributed by atoms with Crippen molar-refractivity contribution in [3.05, 3.63) is 46.5 Å². The molecule has 3 nitrogen and oxygen atoms in total. The molecule has 5 heteroatoms. The molecule has 0 saturated carbocycles. The van der Waals surface area contributed by atoms with E-state index in [1.54, 1.807) is 30.8 Å². The van der Waals surface area contributed by atoms with Crippen LogP contribution in [0.25, 0.3) is 5.69 Å². The fraction of sp³-hybridized carbons (Fsp3) is 0.308. The molecule has 0 aliphatic heterocycles. The molecule has 0 saturated heterocycles. The van der Waals surface area contributed by atoms with Gasteiger partial charge in [-0.15, -0.1) is 0 Å². The van der Waals surface area contributed by atoms with Crippen LogP contribution in [-0.2, 0) is 5.60 Å². The fourth-order valence-corrected chi connectivity index (χ4v) is 2.06. The molecule has 2 aromatic rings. The number of rotatable bonds is 2. The minimum atomic E-state index is -0.966. The zero-order chi connectivity index (χ0) is 13.5. The lowest BCUT2D eigenvalue weighted by molar-refractivity contribution is 0.0779. The smallest absolute Gasteiger partial charge is 0.141 e. The molecule has 0 spiro atoms. The molecular weight excluding hydrogens is 255 g/mol. The first-order chi connectivity index (χ1) is 8.30. The van der Waals surface area contributed by atoms with Gasteiger partial charge in [0.05, 0.1) is 22.5 Å². The Morgan fingerprint density at radius 2 is 2.06 bits per heavy atom. The van der Waals surface area contributed by atoms with Gasteiger partial charge in [-0.05, 0) is 39.0 Å². The predicted octanol–water partition coefficient (Wildman–Crippen LogP) is 3.20. The molecule has 0 fully saturated rings. The molecule has 1 aromatic carbocycles. The van der Waals surface area contributed by atoms with E-state index < -0.39 is 11.4 Å². The molecule has 0 aliphatic carbocycles. The zero-order valence-corrected chi connectivity index (χ0v) is 11.2. The highest BCUT2D eigenvalue weighted by Crippen LogP contribution is 2.26. The Morgan fingerprint density at radius 1 is 1.39 bits per heavy atom. The second-order valence-electron chi connectivity index (χ2n) is 4.71. The van der Waals surface area contributed by atoms with Crippen LogP contribution in [0.15, 0.2) is 24.4 Å². The third-order valence-corrected chi connectivity index (χ3v) is 3.11. The Kier molecular flexibility index (Phi) is 3.17. The van der Waals surface area contributed by atoms with Gasteiger partial charge in [0.2, 0.25) is 0 Å². The number of aliphatic hydroxyl groups is 1. The Morgan fingerprint density at radius 3 is 2.56 bits per heavy atom. The molecule has 1 heterocycles. The number of hydrogen-bond donors (Lipinski definition) is 1. The van der Waals surface area contributed by atoms with E-state index in [4.69, 9.17) is 11.6 Å². The van der Waals surface area contributed by atoms with Crippen molar-refractivity contribution in [1.29, 1.82) is 0 Å². The lowest BCUT2D eigenvalue weighted by atomic mass is 10.00. The number of benzene rings is 1. The van der Waals surface area contributed by atoms with E-state index in [2.05, 4.69) is 5.10 Å². The summed E-state index contributed by atoms with van der Waals surface area (Å²) in [6.45, 7) is 5.23. The first-order valence-corrected chi connectivity index (χ1v) is 5.91. The minimum absolute atomic E-state index is 0.0483. The standard InChI is InChI=1S/C13H14ClFN2O/c1-8-10(13(2,3)18)7-16-17(8)9-4-5-12(15)11(14)6-9/h4-7,18H,1-3H3. The van der Waals surface area contributed by atoms with Crippen LogP contribution in [0.1, 0.15) is 25.1 Å². The summed E-state index contributed by atoms with van der Waals surface area (Å²) >= 11 is 5.75. The minimum Gasteiger partial charge on any atom is -0.386 e. The van der Waals surface area contributed by atoms with Crippen LogP contribution in [0.4, 0.5) is 4.39 Å². The van der Waals surface area contributed by atoms with Crippen molar-refractivity contribution >= 4 is 11.6 Å². The van der Waals surface area contributed by atoms with Crippen molar-refractivity contribution in [2.45, 2.75) is 26.4 Å². The molecule has 2 rings (SSSR count). The lowest BCUT2D eigenvalue weighted by Crippen LogP contribution is -2.16. The molecule has 96 valence electrons. The second kappa shape index (κ2) is 4.37. The Bertz CT molecular complexity index is 587. The van der Waals surface area contributed by atoms with Gasteiger partial charge < -0.3 is 5.11 Å². The molecule has 0 unspecified atom stereocenters. The topological polar surface area (TPSA) is 38.1 Å². The van der Waals surface area contributed by atoms with Crippen LogP contribution >= 0.6 is 11.6 Å². The molecule has 1 aromatic heterocycles. The fourth-order valence-electron chi connectivity index (χ4n) is 1.89. The van der Waals surface area contributed by atoms with Crippen LogP contribution in [0.3, 0.4) is 0 Å². The molecular formula is C13H14ClFN2O. The summed E-state index contributed by atoms with van der Waals surface area (Å²) in [6.07, 6.45) is 1.60. The van der Waals surface area contributed by atoms with Gasteiger partial charge in [0.1, 0.15) is 5.82 Å². The van der Waals surface area contributed by atoms with Gasteiger partial charge in [0.25, 0.3) is 0 Å². The molecule has 0 bridgehead atoms. The van der Waals surface area contributed by atoms with Gasteiger partial charge in [-0.2, -0.15) is 5.10 Å². The number of halogens is 2. The average Bonchev–Trinajstić information content (AvgIpc) is 2.64. The summed E-state index contributed by atoms with van der Waals surface area (Å²) in [7, 11) is 0. The Balaban J connectivity index is 2.52. The summed E-state index contributed by atoms with van der Waals surface area (Å²) in [5.74, 6) is -0.465. The van der Waals surface area contributed by atoms with Gasteiger partial charge in [0, 0.05) is 11.3 Å². The third kappa shape index (κ3) is 2.26. The SMILES string of the molecule is Cc1c(C(C)(C)O)cnn1-c1ccc(F)c(Cl)c1. The van der Waals surface area contributed by atoms with Crippen LogP contribution in [0, 0.1) is 12.7 Å². The number of nitrogens with zero attached hydrogens (tertiary/aromatic N) is 2. The van der Waals surface area contributed by atoms with E-state index in [0.717, 1.165) is 11.3 Å². The van der Waals surface area contributed by atoms with E-state index in [1.165, 1.54) is 12.1 Å². The van der Waals surface area contributed by atoms with Gasteiger partial charge in [-0.25, -0.2) is 9.07 Å². The highest BCUT2D eigenvalue weighted by Gasteiger charge is 2.22. The van der Waals surface area contributed by atoms with Crippen molar-refractivity contribution in [3.63, 3.8) is 0 Å². The Hall–Kier alpha value is -1.39. The van der Waals surface area contributed by atoms with Gasteiger partial charge >= 0.3 is 0 Å².